The molecule has 0 aliphatic carbocycles. The Morgan fingerprint density at radius 3 is 2.24 bits per heavy atom. The van der Waals surface area contributed by atoms with Crippen LogP contribution in [0.3, 0.4) is 0 Å². The number of nitrogens with zero attached hydrogens (tertiary/aromatic N) is 1. The van der Waals surface area contributed by atoms with E-state index >= 15 is 0 Å². The van der Waals surface area contributed by atoms with E-state index in [0.717, 1.165) is 19.3 Å². The van der Waals surface area contributed by atoms with Crippen molar-refractivity contribution >= 4 is 11.7 Å². The summed E-state index contributed by atoms with van der Waals surface area (Å²) in [6.45, 7) is 8.04. The molecule has 0 saturated carbocycles. The van der Waals surface area contributed by atoms with Crippen molar-refractivity contribution in [1.82, 2.24) is 10.4 Å². The molecule has 0 spiro atoms. The lowest BCUT2D eigenvalue weighted by Crippen LogP contribution is -2.46. The number of carbonyl (C=O) groups excluding carboxylic acids is 2. The van der Waals surface area contributed by atoms with Gasteiger partial charge in [-0.2, -0.15) is 0 Å². The minimum Gasteiger partial charge on any atom is -0.300 e. The number of nitrogens with one attached hydrogen (secondary N) is 1. The lowest BCUT2D eigenvalue weighted by atomic mass is 9.86. The van der Waals surface area contributed by atoms with Gasteiger partial charge in [-0.25, -0.2) is 5.43 Å². The maximum Gasteiger partial charge on any atom is 0.240 e. The fourth-order valence-electron chi connectivity index (χ4n) is 1.92. The van der Waals surface area contributed by atoms with Gasteiger partial charge in [-0.15, -0.1) is 0 Å². The van der Waals surface area contributed by atoms with Crippen LogP contribution in [-0.4, -0.2) is 30.3 Å². The summed E-state index contributed by atoms with van der Waals surface area (Å²) in [5, 5.41) is 1.58. The predicted octanol–water partition coefficient (Wildman–Crippen LogP) is 2.00. The molecule has 1 amide bonds. The predicted molar refractivity (Wildman–Crippen MR) is 69.3 cm³/mol. The van der Waals surface area contributed by atoms with Gasteiger partial charge in [0.25, 0.3) is 0 Å². The van der Waals surface area contributed by atoms with Crippen molar-refractivity contribution in [1.29, 1.82) is 0 Å². The van der Waals surface area contributed by atoms with Crippen LogP contribution in [0.25, 0.3) is 0 Å². The monoisotopic (exact) mass is 242 g/mol. The lowest BCUT2D eigenvalue weighted by Gasteiger charge is -2.28. The Balaban J connectivity index is 4.77. The molecule has 100 valence electrons. The Labute approximate surface area is 105 Å². The van der Waals surface area contributed by atoms with E-state index in [1.54, 1.807) is 19.0 Å². The SMILES string of the molecule is CCCCC(C(=O)N(CC)NC)C(C)C(C)=O. The van der Waals surface area contributed by atoms with Crippen molar-refractivity contribution in [3.05, 3.63) is 0 Å². The molecule has 0 rings (SSSR count). The molecule has 1 N–H and O–H groups in total. The zero-order valence-corrected chi connectivity index (χ0v) is 11.7. The van der Waals surface area contributed by atoms with Crippen LogP contribution in [0.1, 0.15) is 47.0 Å². The van der Waals surface area contributed by atoms with E-state index in [-0.39, 0.29) is 23.5 Å². The fourth-order valence-corrected chi connectivity index (χ4v) is 1.92. The quantitative estimate of drug-likeness (QED) is 0.662. The molecule has 0 saturated heterocycles. The van der Waals surface area contributed by atoms with Crippen LogP contribution >= 0.6 is 0 Å². The van der Waals surface area contributed by atoms with Gasteiger partial charge in [-0.3, -0.25) is 14.6 Å². The van der Waals surface area contributed by atoms with E-state index in [0.29, 0.717) is 6.54 Å². The first kappa shape index (κ1) is 16.1. The molecule has 2 atom stereocenters. The number of rotatable bonds is 8. The van der Waals surface area contributed by atoms with Gasteiger partial charge in [0, 0.05) is 25.4 Å². The highest BCUT2D eigenvalue weighted by molar-refractivity contribution is 5.87. The van der Waals surface area contributed by atoms with Gasteiger partial charge in [-0.05, 0) is 20.3 Å². The number of hydrogen-bond acceptors (Lipinski definition) is 3. The highest BCUT2D eigenvalue weighted by Gasteiger charge is 2.30. The van der Waals surface area contributed by atoms with Crippen molar-refractivity contribution in [2.75, 3.05) is 13.6 Å². The third-order valence-corrected chi connectivity index (χ3v) is 3.28. The first-order valence-electron chi connectivity index (χ1n) is 6.48. The van der Waals surface area contributed by atoms with Crippen molar-refractivity contribution in [3.63, 3.8) is 0 Å². The summed E-state index contributed by atoms with van der Waals surface area (Å²) in [5.74, 6) is -0.269. The first-order chi connectivity index (χ1) is 7.99. The van der Waals surface area contributed by atoms with E-state index in [1.165, 1.54) is 0 Å². The Bertz CT molecular complexity index is 250. The maximum atomic E-state index is 12.3. The number of ketones is 1. The Hall–Kier alpha value is -0.900. The Morgan fingerprint density at radius 2 is 1.88 bits per heavy atom. The van der Waals surface area contributed by atoms with Crippen LogP contribution in [0.2, 0.25) is 0 Å². The summed E-state index contributed by atoms with van der Waals surface area (Å²) in [7, 11) is 1.73. The second-order valence-electron chi connectivity index (χ2n) is 4.45. The van der Waals surface area contributed by atoms with Crippen LogP contribution in [0.15, 0.2) is 0 Å². The third-order valence-electron chi connectivity index (χ3n) is 3.28. The van der Waals surface area contributed by atoms with Crippen LogP contribution in [0.4, 0.5) is 0 Å². The van der Waals surface area contributed by atoms with E-state index in [1.807, 2.05) is 13.8 Å². The van der Waals surface area contributed by atoms with Crippen molar-refractivity contribution in [2.24, 2.45) is 11.8 Å². The van der Waals surface area contributed by atoms with Crippen LogP contribution in [0, 0.1) is 11.8 Å². The molecule has 0 aromatic heterocycles. The average Bonchev–Trinajstić information content (AvgIpc) is 2.30. The number of unbranched alkanes of at least 4 members (excludes halogenated alkanes) is 1. The average molecular weight is 242 g/mol. The molecule has 4 nitrogen and oxygen atoms in total. The number of amides is 1. The van der Waals surface area contributed by atoms with Gasteiger partial charge in [0.15, 0.2) is 0 Å². The molecule has 4 heteroatoms. The molecule has 2 unspecified atom stereocenters. The van der Waals surface area contributed by atoms with E-state index in [2.05, 4.69) is 12.3 Å². The number of hydrogen-bond donors (Lipinski definition) is 1. The molecule has 0 aromatic carbocycles. The van der Waals surface area contributed by atoms with Crippen molar-refractivity contribution in [3.8, 4) is 0 Å². The van der Waals surface area contributed by atoms with Gasteiger partial charge in [-0.1, -0.05) is 26.7 Å². The largest absolute Gasteiger partial charge is 0.300 e. The van der Waals surface area contributed by atoms with Crippen LogP contribution in [-0.2, 0) is 9.59 Å². The van der Waals surface area contributed by atoms with Crippen molar-refractivity contribution in [2.45, 2.75) is 47.0 Å². The summed E-state index contributed by atoms with van der Waals surface area (Å²) in [4.78, 5) is 23.7. The molecule has 0 aromatic rings. The summed E-state index contributed by atoms with van der Waals surface area (Å²) in [6, 6.07) is 0. The van der Waals surface area contributed by atoms with Gasteiger partial charge >= 0.3 is 0 Å². The van der Waals surface area contributed by atoms with Gasteiger partial charge < -0.3 is 0 Å². The highest BCUT2D eigenvalue weighted by Crippen LogP contribution is 2.21. The number of Topliss-reactive ketones (excluding diaryl/α,β-unsaturated/α-hetero) is 1. The number of hydrazine groups is 1. The minimum absolute atomic E-state index is 0.0335. The molecule has 0 aliphatic heterocycles. The molecular weight excluding hydrogens is 216 g/mol. The van der Waals surface area contributed by atoms with E-state index < -0.39 is 0 Å². The Morgan fingerprint density at radius 1 is 1.29 bits per heavy atom. The Kier molecular flexibility index (Phi) is 7.79. The third kappa shape index (κ3) is 4.86. The van der Waals surface area contributed by atoms with Crippen LogP contribution < -0.4 is 5.43 Å². The van der Waals surface area contributed by atoms with E-state index in [4.69, 9.17) is 0 Å². The molecule has 0 heterocycles. The van der Waals surface area contributed by atoms with Crippen LogP contribution in [0.5, 0.6) is 0 Å². The summed E-state index contributed by atoms with van der Waals surface area (Å²) in [5.41, 5.74) is 2.87. The summed E-state index contributed by atoms with van der Waals surface area (Å²) >= 11 is 0. The van der Waals surface area contributed by atoms with Gasteiger partial charge in [0.2, 0.25) is 5.91 Å². The normalized spacial score (nSPS) is 14.2. The second-order valence-corrected chi connectivity index (χ2v) is 4.45. The molecule has 0 radical (unpaired) electrons. The lowest BCUT2D eigenvalue weighted by molar-refractivity contribution is -0.143. The molecular formula is C13H26N2O2. The van der Waals surface area contributed by atoms with Crippen molar-refractivity contribution < 1.29 is 9.59 Å². The highest BCUT2D eigenvalue weighted by atomic mass is 16.2. The van der Waals surface area contributed by atoms with E-state index in [9.17, 15) is 9.59 Å². The molecule has 0 bridgehead atoms. The molecule has 0 fully saturated rings. The fraction of sp³-hybridized carbons (Fsp3) is 0.846. The minimum atomic E-state index is -0.198. The maximum absolute atomic E-state index is 12.3. The topological polar surface area (TPSA) is 49.4 Å². The standard InChI is InChI=1S/C13H26N2O2/c1-6-8-9-12(10(3)11(4)16)13(17)15(7-2)14-5/h10,12,14H,6-9H2,1-5H3. The van der Waals surface area contributed by atoms with Gasteiger partial charge in [0.1, 0.15) is 5.78 Å². The van der Waals surface area contributed by atoms with Gasteiger partial charge in [0.05, 0.1) is 0 Å². The molecule has 17 heavy (non-hydrogen) atoms. The zero-order chi connectivity index (χ0) is 13.4. The number of carbonyl (C=O) groups is 2. The first-order valence-corrected chi connectivity index (χ1v) is 6.48. The second kappa shape index (κ2) is 8.23. The molecule has 0 aliphatic rings. The zero-order valence-electron chi connectivity index (χ0n) is 11.7. The smallest absolute Gasteiger partial charge is 0.240 e. The summed E-state index contributed by atoms with van der Waals surface area (Å²) < 4.78 is 0. The summed E-state index contributed by atoms with van der Waals surface area (Å²) in [6.07, 6.45) is 2.81.